The van der Waals surface area contributed by atoms with Crippen molar-refractivity contribution in [3.63, 3.8) is 0 Å². The lowest BCUT2D eigenvalue weighted by Gasteiger charge is -2.06. The Morgan fingerprint density at radius 1 is 1.60 bits per heavy atom. The van der Waals surface area contributed by atoms with Gasteiger partial charge in [-0.25, -0.2) is 4.39 Å². The van der Waals surface area contributed by atoms with E-state index in [0.717, 1.165) is 0 Å². The minimum absolute atomic E-state index is 0.127. The van der Waals surface area contributed by atoms with Crippen LogP contribution in [0.2, 0.25) is 5.02 Å². The van der Waals surface area contributed by atoms with E-state index in [1.54, 1.807) is 6.92 Å². The zero-order valence-corrected chi connectivity index (χ0v) is 9.95. The number of rotatable bonds is 4. The number of nitrogens with two attached hydrogens (primary N) is 1. The monoisotopic (exact) mass is 249 g/mol. The molecule has 1 rings (SSSR count). The Kier molecular flexibility index (Phi) is 4.70. The van der Waals surface area contributed by atoms with Crippen LogP contribution >= 0.6 is 11.6 Å². The predicted molar refractivity (Wildman–Crippen MR) is 61.8 cm³/mol. The quantitative estimate of drug-likeness (QED) is 0.888. The van der Waals surface area contributed by atoms with E-state index >= 15 is 0 Å². The lowest BCUT2D eigenvalue weighted by Crippen LogP contribution is -2.23. The molecule has 0 aromatic heterocycles. The Hall–Kier alpha value is -0.450. The van der Waals surface area contributed by atoms with Crippen LogP contribution in [0.25, 0.3) is 0 Å². The van der Waals surface area contributed by atoms with E-state index in [4.69, 9.17) is 17.3 Å². The molecule has 84 valence electrons. The summed E-state index contributed by atoms with van der Waals surface area (Å²) in [5, 5.41) is 0.439. The average Bonchev–Trinajstić information content (AvgIpc) is 2.10. The fourth-order valence-corrected chi connectivity index (χ4v) is 2.73. The van der Waals surface area contributed by atoms with Gasteiger partial charge in [-0.05, 0) is 30.7 Å². The summed E-state index contributed by atoms with van der Waals surface area (Å²) in [6.07, 6.45) is 0. The van der Waals surface area contributed by atoms with Gasteiger partial charge in [0.1, 0.15) is 5.82 Å². The van der Waals surface area contributed by atoms with E-state index < -0.39 is 10.8 Å². The second-order valence-electron chi connectivity index (χ2n) is 3.46. The summed E-state index contributed by atoms with van der Waals surface area (Å²) < 4.78 is 24.4. The summed E-state index contributed by atoms with van der Waals surface area (Å²) in [6, 6.07) is 3.93. The molecule has 0 heterocycles. The molecule has 0 saturated carbocycles. The first kappa shape index (κ1) is 12.6. The molecule has 0 fully saturated rings. The summed E-state index contributed by atoms with van der Waals surface area (Å²) in [7, 11) is -1.10. The SMILES string of the molecule is CC(N)CS(=O)Cc1cc(F)ccc1Cl. The van der Waals surface area contributed by atoms with Crippen molar-refractivity contribution in [2.75, 3.05) is 5.75 Å². The largest absolute Gasteiger partial charge is 0.327 e. The van der Waals surface area contributed by atoms with Crippen molar-refractivity contribution in [3.05, 3.63) is 34.6 Å². The van der Waals surface area contributed by atoms with Crippen LogP contribution in [0.15, 0.2) is 18.2 Å². The first-order valence-corrected chi connectivity index (χ1v) is 6.40. The molecular weight excluding hydrogens is 237 g/mol. The number of halogens is 2. The zero-order valence-electron chi connectivity index (χ0n) is 8.37. The molecule has 1 aromatic carbocycles. The van der Waals surface area contributed by atoms with Crippen LogP contribution in [0.1, 0.15) is 12.5 Å². The Bertz CT molecular complexity index is 370. The van der Waals surface area contributed by atoms with Crippen molar-refractivity contribution in [3.8, 4) is 0 Å². The van der Waals surface area contributed by atoms with E-state index in [0.29, 0.717) is 16.3 Å². The van der Waals surface area contributed by atoms with E-state index in [-0.39, 0.29) is 17.6 Å². The fraction of sp³-hybridized carbons (Fsp3) is 0.400. The van der Waals surface area contributed by atoms with Gasteiger partial charge in [0, 0.05) is 27.6 Å². The molecule has 0 saturated heterocycles. The Morgan fingerprint density at radius 3 is 2.87 bits per heavy atom. The molecule has 2 atom stereocenters. The lowest BCUT2D eigenvalue weighted by molar-refractivity contribution is 0.626. The average molecular weight is 250 g/mol. The van der Waals surface area contributed by atoms with Crippen LogP contribution in [-0.2, 0) is 16.6 Å². The topological polar surface area (TPSA) is 43.1 Å². The summed E-state index contributed by atoms with van der Waals surface area (Å²) in [6.45, 7) is 1.78. The smallest absolute Gasteiger partial charge is 0.123 e. The minimum atomic E-state index is -1.10. The van der Waals surface area contributed by atoms with Gasteiger partial charge in [0.05, 0.1) is 5.75 Å². The molecule has 0 bridgehead atoms. The molecule has 2 unspecified atom stereocenters. The second kappa shape index (κ2) is 5.58. The van der Waals surface area contributed by atoms with Crippen LogP contribution in [0.4, 0.5) is 4.39 Å². The van der Waals surface area contributed by atoms with E-state index in [9.17, 15) is 8.60 Å². The van der Waals surface area contributed by atoms with Crippen molar-refractivity contribution >= 4 is 22.4 Å². The summed E-state index contributed by atoms with van der Waals surface area (Å²) in [4.78, 5) is 0. The Morgan fingerprint density at radius 2 is 2.27 bits per heavy atom. The van der Waals surface area contributed by atoms with Crippen molar-refractivity contribution in [2.45, 2.75) is 18.7 Å². The molecule has 2 N–H and O–H groups in total. The van der Waals surface area contributed by atoms with Crippen LogP contribution in [-0.4, -0.2) is 16.0 Å². The Labute approximate surface area is 96.1 Å². The highest BCUT2D eigenvalue weighted by atomic mass is 35.5. The summed E-state index contributed by atoms with van der Waals surface area (Å²) in [5.74, 6) is 0.275. The molecule has 0 aliphatic carbocycles. The molecule has 5 heteroatoms. The van der Waals surface area contributed by atoms with Gasteiger partial charge in [0.2, 0.25) is 0 Å². The number of hydrogen-bond donors (Lipinski definition) is 1. The molecule has 0 aliphatic rings. The van der Waals surface area contributed by atoms with E-state index in [1.807, 2.05) is 0 Å². The van der Waals surface area contributed by atoms with Gasteiger partial charge >= 0.3 is 0 Å². The predicted octanol–water partition coefficient (Wildman–Crippen LogP) is 2.08. The van der Waals surface area contributed by atoms with Crippen molar-refractivity contribution in [1.29, 1.82) is 0 Å². The van der Waals surface area contributed by atoms with Gasteiger partial charge in [-0.2, -0.15) is 0 Å². The van der Waals surface area contributed by atoms with Crippen molar-refractivity contribution in [1.82, 2.24) is 0 Å². The van der Waals surface area contributed by atoms with Gasteiger partial charge in [0.25, 0.3) is 0 Å². The molecule has 0 radical (unpaired) electrons. The van der Waals surface area contributed by atoms with Gasteiger partial charge in [-0.15, -0.1) is 0 Å². The Balaban J connectivity index is 2.71. The number of hydrogen-bond acceptors (Lipinski definition) is 2. The first-order chi connectivity index (χ1) is 6.99. The summed E-state index contributed by atoms with van der Waals surface area (Å²) >= 11 is 5.84. The molecule has 0 spiro atoms. The van der Waals surface area contributed by atoms with E-state index in [1.165, 1.54) is 18.2 Å². The molecule has 0 aliphatic heterocycles. The molecular formula is C10H13ClFNOS. The van der Waals surface area contributed by atoms with Gasteiger partial charge in [-0.1, -0.05) is 11.6 Å². The van der Waals surface area contributed by atoms with Crippen LogP contribution < -0.4 is 5.73 Å². The minimum Gasteiger partial charge on any atom is -0.327 e. The van der Waals surface area contributed by atoms with Crippen molar-refractivity contribution < 1.29 is 8.60 Å². The fourth-order valence-electron chi connectivity index (χ4n) is 1.18. The zero-order chi connectivity index (χ0) is 11.4. The second-order valence-corrected chi connectivity index (χ2v) is 5.37. The maximum atomic E-state index is 12.9. The standard InChI is InChI=1S/C10H13ClFNOS/c1-7(13)5-15(14)6-8-4-9(12)2-3-10(8)11/h2-4,7H,5-6,13H2,1H3. The number of benzene rings is 1. The highest BCUT2D eigenvalue weighted by Crippen LogP contribution is 2.18. The van der Waals surface area contributed by atoms with Gasteiger partial charge in [-0.3, -0.25) is 4.21 Å². The van der Waals surface area contributed by atoms with Crippen LogP contribution in [0.5, 0.6) is 0 Å². The lowest BCUT2D eigenvalue weighted by atomic mass is 10.2. The van der Waals surface area contributed by atoms with E-state index in [2.05, 4.69) is 0 Å². The highest BCUT2D eigenvalue weighted by molar-refractivity contribution is 7.84. The molecule has 1 aromatic rings. The van der Waals surface area contributed by atoms with Gasteiger partial charge in [0.15, 0.2) is 0 Å². The van der Waals surface area contributed by atoms with Crippen molar-refractivity contribution in [2.24, 2.45) is 5.73 Å². The normalized spacial score (nSPS) is 14.9. The van der Waals surface area contributed by atoms with Gasteiger partial charge < -0.3 is 5.73 Å². The molecule has 15 heavy (non-hydrogen) atoms. The maximum Gasteiger partial charge on any atom is 0.123 e. The first-order valence-electron chi connectivity index (χ1n) is 4.53. The maximum absolute atomic E-state index is 12.9. The summed E-state index contributed by atoms with van der Waals surface area (Å²) in [5.41, 5.74) is 6.08. The third kappa shape index (κ3) is 4.28. The van der Waals surface area contributed by atoms with Crippen LogP contribution in [0, 0.1) is 5.82 Å². The third-order valence-corrected chi connectivity index (χ3v) is 3.67. The third-order valence-electron chi connectivity index (χ3n) is 1.77. The molecule has 0 amide bonds. The highest BCUT2D eigenvalue weighted by Gasteiger charge is 2.08. The molecule has 2 nitrogen and oxygen atoms in total. The van der Waals surface area contributed by atoms with Crippen LogP contribution in [0.3, 0.4) is 0 Å².